The number of nitrogens with zero attached hydrogens (tertiary/aromatic N) is 3. The first-order valence-corrected chi connectivity index (χ1v) is 27.1. The molecule has 1 aliphatic rings. The minimum atomic E-state index is -1.51. The van der Waals surface area contributed by atoms with Gasteiger partial charge in [0.05, 0.1) is 6.10 Å². The van der Waals surface area contributed by atoms with Crippen molar-refractivity contribution in [3.05, 3.63) is 0 Å². The Morgan fingerprint density at radius 3 is 1.20 bits per heavy atom. The topological polar surface area (TPSA) is 314 Å². The van der Waals surface area contributed by atoms with Crippen LogP contribution in [-0.4, -0.2) is 180 Å². The summed E-state index contributed by atoms with van der Waals surface area (Å²) in [4.78, 5) is 155. The van der Waals surface area contributed by atoms with Gasteiger partial charge in [0.15, 0.2) is 0 Å². The number of nitrogens with one attached hydrogen (secondary N) is 8. The first-order valence-electron chi connectivity index (χ1n) is 27.1. The molecule has 23 heteroatoms. The van der Waals surface area contributed by atoms with Crippen LogP contribution in [0.25, 0.3) is 0 Å². The first-order chi connectivity index (χ1) is 35.3. The maximum absolute atomic E-state index is 14.2. The molecule has 0 aliphatic carbocycles. The second-order valence-electron chi connectivity index (χ2n) is 22.1. The molecule has 0 bridgehead atoms. The maximum Gasteiger partial charge on any atom is 0.245 e. The van der Waals surface area contributed by atoms with E-state index in [0.29, 0.717) is 12.8 Å². The quantitative estimate of drug-likeness (QED) is 0.135. The van der Waals surface area contributed by atoms with E-state index in [4.69, 9.17) is 0 Å². The lowest BCUT2D eigenvalue weighted by molar-refractivity contribution is -0.145. The summed E-state index contributed by atoms with van der Waals surface area (Å²) >= 11 is 0. The average molecular weight is 1080 g/mol. The predicted octanol–water partition coefficient (Wildman–Crippen LogP) is 0.321. The Morgan fingerprint density at radius 1 is 0.447 bits per heavy atom. The van der Waals surface area contributed by atoms with Crippen LogP contribution < -0.4 is 42.5 Å². The molecule has 0 radical (unpaired) electrons. The van der Waals surface area contributed by atoms with Crippen molar-refractivity contribution in [2.75, 3.05) is 40.8 Å². The molecule has 1 saturated heterocycles. The third kappa shape index (κ3) is 21.3. The summed E-state index contributed by atoms with van der Waals surface area (Å²) in [5.74, 6) is -8.75. The number of amides is 11. The lowest BCUT2D eigenvalue weighted by atomic mass is 9.94. The number of aliphatic hydroxyl groups excluding tert-OH is 1. The van der Waals surface area contributed by atoms with Crippen LogP contribution >= 0.6 is 0 Å². The van der Waals surface area contributed by atoms with Gasteiger partial charge in [-0.05, 0) is 62.2 Å². The summed E-state index contributed by atoms with van der Waals surface area (Å²) in [6, 6.07) is -9.13. The zero-order valence-electron chi connectivity index (χ0n) is 48.5. The molecule has 0 aromatic heterocycles. The Morgan fingerprint density at radius 2 is 0.816 bits per heavy atom. The molecular formula is C53H95N11O12. The van der Waals surface area contributed by atoms with E-state index in [9.17, 15) is 57.8 Å². The van der Waals surface area contributed by atoms with Gasteiger partial charge in [0, 0.05) is 60.0 Å². The zero-order chi connectivity index (χ0) is 58.5. The molecule has 11 atom stereocenters. The van der Waals surface area contributed by atoms with Crippen molar-refractivity contribution in [3.63, 3.8) is 0 Å². The fourth-order valence-corrected chi connectivity index (χ4v) is 9.08. The van der Waals surface area contributed by atoms with Crippen molar-refractivity contribution in [2.45, 2.75) is 196 Å². The second kappa shape index (κ2) is 32.7. The Kier molecular flexibility index (Phi) is 29.3. The van der Waals surface area contributed by atoms with Crippen LogP contribution in [-0.2, 0) is 52.7 Å². The van der Waals surface area contributed by atoms with Crippen molar-refractivity contribution in [2.24, 2.45) is 35.5 Å². The highest BCUT2D eigenvalue weighted by atomic mass is 16.3. The highest BCUT2D eigenvalue weighted by Crippen LogP contribution is 2.20. The van der Waals surface area contributed by atoms with E-state index in [1.807, 2.05) is 41.5 Å². The molecule has 1 aliphatic heterocycles. The van der Waals surface area contributed by atoms with E-state index in [2.05, 4.69) is 42.5 Å². The van der Waals surface area contributed by atoms with Crippen molar-refractivity contribution >= 4 is 65.0 Å². The summed E-state index contributed by atoms with van der Waals surface area (Å²) < 4.78 is 0. The third-order valence-electron chi connectivity index (χ3n) is 13.8. The minimum Gasteiger partial charge on any atom is -0.391 e. The number of rotatable bonds is 11. The summed E-state index contributed by atoms with van der Waals surface area (Å²) in [5, 5.41) is 32.1. The summed E-state index contributed by atoms with van der Waals surface area (Å²) in [5.41, 5.74) is 0. The van der Waals surface area contributed by atoms with Crippen LogP contribution in [0.15, 0.2) is 0 Å². The summed E-state index contributed by atoms with van der Waals surface area (Å²) in [7, 11) is 4.30. The fourth-order valence-electron chi connectivity index (χ4n) is 9.08. The van der Waals surface area contributed by atoms with E-state index in [1.165, 1.54) is 49.7 Å². The number of hydrogen-bond acceptors (Lipinski definition) is 12. The Bertz CT molecular complexity index is 2000. The lowest BCUT2D eigenvalue weighted by Crippen LogP contribution is -2.61. The predicted molar refractivity (Wildman–Crippen MR) is 287 cm³/mol. The molecule has 76 heavy (non-hydrogen) atoms. The van der Waals surface area contributed by atoms with Crippen LogP contribution in [0.1, 0.15) is 142 Å². The van der Waals surface area contributed by atoms with E-state index in [-0.39, 0.29) is 69.5 Å². The Labute approximate surface area is 451 Å². The van der Waals surface area contributed by atoms with E-state index >= 15 is 0 Å². The smallest absolute Gasteiger partial charge is 0.245 e. The van der Waals surface area contributed by atoms with Gasteiger partial charge in [-0.25, -0.2) is 0 Å². The highest BCUT2D eigenvalue weighted by Gasteiger charge is 2.40. The van der Waals surface area contributed by atoms with E-state index < -0.39 is 137 Å². The summed E-state index contributed by atoms with van der Waals surface area (Å²) in [6.07, 6.45) is -0.924. The van der Waals surface area contributed by atoms with Crippen LogP contribution in [0.4, 0.5) is 0 Å². The number of carbonyl (C=O) groups excluding carboxylic acids is 11. The number of aliphatic hydroxyl groups is 1. The average Bonchev–Trinajstić information content (AvgIpc) is 3.32. The summed E-state index contributed by atoms with van der Waals surface area (Å²) in [6.45, 7) is 23.7. The number of carbonyl (C=O) groups is 11. The van der Waals surface area contributed by atoms with Crippen molar-refractivity contribution < 1.29 is 57.8 Å². The van der Waals surface area contributed by atoms with Crippen molar-refractivity contribution in [3.8, 4) is 0 Å². The molecule has 9 N–H and O–H groups in total. The van der Waals surface area contributed by atoms with Crippen LogP contribution in [0.5, 0.6) is 0 Å². The molecule has 0 saturated carbocycles. The normalized spacial score (nSPS) is 26.8. The zero-order valence-corrected chi connectivity index (χ0v) is 48.5. The monoisotopic (exact) mass is 1080 g/mol. The SMILES string of the molecule is CC[C@H](C)[C@H]1C(=O)NCCC(=O)NC(C(C)C)C(=O)N(C)[C@@H](C(C)C)C(=O)N[C@@H](C)C(=O)NCCC(=O)NC(CC(C)C)C(=O)N(C)[C@H]([C@@H](C)CC)C(=O)NC([C@@H](C)O)C(=O)NCCC(=O)N[C@H](CC(C)C)C(=O)N1C. The number of likely N-dealkylation sites (N-methyl/N-ethyl adjacent to an activating group) is 3. The van der Waals surface area contributed by atoms with Crippen LogP contribution in [0.2, 0.25) is 0 Å². The molecule has 0 aromatic rings. The van der Waals surface area contributed by atoms with Gasteiger partial charge in [-0.2, -0.15) is 0 Å². The molecule has 1 rings (SSSR count). The van der Waals surface area contributed by atoms with Gasteiger partial charge >= 0.3 is 0 Å². The standard InChI is InChI=1S/C53H95N11O12/c1-18-32(11)44-48(71)56-25-22-40(68)60-41(30(7)8)53(76)62(15)43(31(9)10)49(72)57-34(13)46(69)54-23-20-38(66)59-37(27-29(5)6)52(75)64(17)45(33(12)19-2)50(73)61-42(35(14)65)47(70)55-24-21-39(67)58-36(26-28(3)4)51(74)63(44)16/h28-37,41-45,65H,18-27H2,1-17H3,(H,54,69)(H,55,70)(H,56,71)(H,57,72)(H,58,67)(H,59,66)(H,60,68)(H,61,73)/t32-,33-,34-,35+,36+,37?,41?,42?,43-,44-,45+/m0/s1. The molecule has 1 heterocycles. The van der Waals surface area contributed by atoms with Gasteiger partial charge in [0.2, 0.25) is 65.0 Å². The molecule has 0 spiro atoms. The molecule has 3 unspecified atom stereocenters. The van der Waals surface area contributed by atoms with Crippen molar-refractivity contribution in [1.82, 2.24) is 57.2 Å². The van der Waals surface area contributed by atoms with Gasteiger partial charge in [-0.3, -0.25) is 52.7 Å². The van der Waals surface area contributed by atoms with Gasteiger partial charge in [0.25, 0.3) is 0 Å². The van der Waals surface area contributed by atoms with Crippen LogP contribution in [0, 0.1) is 35.5 Å². The third-order valence-corrected chi connectivity index (χ3v) is 13.8. The van der Waals surface area contributed by atoms with Gasteiger partial charge in [0.1, 0.15) is 48.3 Å². The molecule has 434 valence electrons. The van der Waals surface area contributed by atoms with Gasteiger partial charge in [-0.1, -0.05) is 95.9 Å². The Hall–Kier alpha value is -5.87. The molecule has 23 nitrogen and oxygen atoms in total. The Balaban J connectivity index is 3.74. The molecule has 0 aromatic carbocycles. The second-order valence-corrected chi connectivity index (χ2v) is 22.1. The highest BCUT2D eigenvalue weighted by molar-refractivity contribution is 5.97. The van der Waals surface area contributed by atoms with Gasteiger partial charge in [-0.15, -0.1) is 0 Å². The number of hydrogen-bond donors (Lipinski definition) is 9. The van der Waals surface area contributed by atoms with E-state index in [1.54, 1.807) is 41.5 Å². The van der Waals surface area contributed by atoms with Crippen LogP contribution in [0.3, 0.4) is 0 Å². The minimum absolute atomic E-state index is 0.0813. The largest absolute Gasteiger partial charge is 0.391 e. The fraction of sp³-hybridized carbons (Fsp3) is 0.792. The van der Waals surface area contributed by atoms with Crippen molar-refractivity contribution in [1.29, 1.82) is 0 Å². The first kappa shape index (κ1) is 68.1. The lowest BCUT2D eigenvalue weighted by Gasteiger charge is -2.35. The van der Waals surface area contributed by atoms with E-state index in [0.717, 1.165) is 0 Å². The van der Waals surface area contributed by atoms with Gasteiger partial charge < -0.3 is 62.3 Å². The molecule has 11 amide bonds. The maximum atomic E-state index is 14.2. The molecular weight excluding hydrogens is 983 g/mol. The molecule has 1 fully saturated rings.